The Morgan fingerprint density at radius 1 is 1.04 bits per heavy atom. The Kier molecular flexibility index (Phi) is 3.46. The van der Waals surface area contributed by atoms with Crippen LogP contribution in [0, 0.1) is 5.92 Å². The summed E-state index contributed by atoms with van der Waals surface area (Å²) in [5, 5.41) is 3.30. The molecule has 120 valence electrons. The van der Waals surface area contributed by atoms with Crippen molar-refractivity contribution in [1.29, 1.82) is 0 Å². The number of nitrogens with one attached hydrogen (secondary N) is 1. The first kappa shape index (κ1) is 14.8. The van der Waals surface area contributed by atoms with Crippen molar-refractivity contribution in [2.24, 2.45) is 5.92 Å². The van der Waals surface area contributed by atoms with Crippen molar-refractivity contribution in [3.05, 3.63) is 64.7 Å². The number of rotatable bonds is 3. The molecule has 0 radical (unpaired) electrons. The molecule has 1 saturated heterocycles. The van der Waals surface area contributed by atoms with E-state index in [2.05, 4.69) is 66.5 Å². The highest BCUT2D eigenvalue weighted by Crippen LogP contribution is 2.44. The van der Waals surface area contributed by atoms with Crippen LogP contribution < -0.4 is 10.2 Å². The lowest BCUT2D eigenvalue weighted by molar-refractivity contribution is 0.396. The fraction of sp³-hybridized carbons (Fsp3) is 0.429. The van der Waals surface area contributed by atoms with Crippen LogP contribution in [0.1, 0.15) is 36.1 Å². The topological polar surface area (TPSA) is 15.3 Å². The summed E-state index contributed by atoms with van der Waals surface area (Å²) in [6.07, 6.45) is 1.07. The number of anilines is 1. The average Bonchev–Trinajstić information content (AvgIpc) is 2.51. The average molecular weight is 306 g/mol. The molecule has 0 atom stereocenters. The van der Waals surface area contributed by atoms with E-state index in [-0.39, 0.29) is 5.41 Å². The lowest BCUT2D eigenvalue weighted by Crippen LogP contribution is -2.51. The summed E-state index contributed by atoms with van der Waals surface area (Å²) in [7, 11) is 2.05. The van der Waals surface area contributed by atoms with E-state index in [4.69, 9.17) is 0 Å². The highest BCUT2D eigenvalue weighted by molar-refractivity contribution is 5.65. The molecule has 0 unspecified atom stereocenters. The van der Waals surface area contributed by atoms with Crippen LogP contribution in [0.15, 0.2) is 42.5 Å². The van der Waals surface area contributed by atoms with E-state index in [1.165, 1.54) is 35.5 Å². The fourth-order valence-corrected chi connectivity index (χ4v) is 4.45. The second-order valence-corrected chi connectivity index (χ2v) is 7.59. The maximum Gasteiger partial charge on any atom is 0.0405 e. The van der Waals surface area contributed by atoms with Gasteiger partial charge in [0.1, 0.15) is 0 Å². The molecular weight excluding hydrogens is 280 g/mol. The number of hydrogen-bond acceptors (Lipinski definition) is 2. The number of fused-ring (bicyclic) bond motifs is 2. The monoisotopic (exact) mass is 306 g/mol. The van der Waals surface area contributed by atoms with E-state index >= 15 is 0 Å². The van der Waals surface area contributed by atoms with E-state index in [9.17, 15) is 0 Å². The van der Waals surface area contributed by atoms with Crippen molar-refractivity contribution in [2.45, 2.75) is 25.7 Å². The first-order valence-electron chi connectivity index (χ1n) is 8.71. The largest absolute Gasteiger partial charge is 0.371 e. The van der Waals surface area contributed by atoms with Gasteiger partial charge in [-0.3, -0.25) is 0 Å². The normalized spacial score (nSPS) is 19.0. The zero-order valence-electron chi connectivity index (χ0n) is 14.4. The van der Waals surface area contributed by atoms with E-state index < -0.39 is 0 Å². The molecule has 0 bridgehead atoms. The summed E-state index contributed by atoms with van der Waals surface area (Å²) in [4.78, 5) is 2.56. The standard InChI is InChI=1S/C21H26N2/c1-21(2)18-8-5-4-7-16(18)11-17-19(21)9-6-10-20(17)23-13-15(14-23)12-22-3/h4-10,15,22H,11-14H2,1-3H3. The third-order valence-corrected chi connectivity index (χ3v) is 5.67. The zero-order valence-corrected chi connectivity index (χ0v) is 14.4. The van der Waals surface area contributed by atoms with Gasteiger partial charge in [0.25, 0.3) is 0 Å². The summed E-state index contributed by atoms with van der Waals surface area (Å²) in [5.41, 5.74) is 7.57. The van der Waals surface area contributed by atoms with Crippen LogP contribution in [-0.2, 0) is 11.8 Å². The van der Waals surface area contributed by atoms with Crippen LogP contribution in [0.4, 0.5) is 5.69 Å². The third kappa shape index (κ3) is 2.28. The molecule has 4 rings (SSSR count). The van der Waals surface area contributed by atoms with Crippen LogP contribution in [0.3, 0.4) is 0 Å². The van der Waals surface area contributed by atoms with Gasteiger partial charge in [-0.25, -0.2) is 0 Å². The minimum Gasteiger partial charge on any atom is -0.371 e. The molecule has 1 N–H and O–H groups in total. The molecule has 1 aliphatic carbocycles. The summed E-state index contributed by atoms with van der Waals surface area (Å²) in [6, 6.07) is 15.9. The predicted molar refractivity (Wildman–Crippen MR) is 97.4 cm³/mol. The van der Waals surface area contributed by atoms with Crippen LogP contribution >= 0.6 is 0 Å². The van der Waals surface area contributed by atoms with Gasteiger partial charge < -0.3 is 10.2 Å². The van der Waals surface area contributed by atoms with E-state index in [1.807, 2.05) is 7.05 Å². The van der Waals surface area contributed by atoms with Gasteiger partial charge in [0.15, 0.2) is 0 Å². The first-order chi connectivity index (χ1) is 11.1. The molecule has 1 heterocycles. The maximum absolute atomic E-state index is 3.30. The summed E-state index contributed by atoms with van der Waals surface area (Å²) < 4.78 is 0. The molecule has 2 aliphatic rings. The van der Waals surface area contributed by atoms with Crippen molar-refractivity contribution in [1.82, 2.24) is 5.32 Å². The Labute approximate surface area is 139 Å². The smallest absolute Gasteiger partial charge is 0.0405 e. The molecule has 2 nitrogen and oxygen atoms in total. The van der Waals surface area contributed by atoms with Gasteiger partial charge in [0.05, 0.1) is 0 Å². The van der Waals surface area contributed by atoms with Crippen molar-refractivity contribution in [3.8, 4) is 0 Å². The third-order valence-electron chi connectivity index (χ3n) is 5.67. The SMILES string of the molecule is CNCC1CN(c2cccc3c2Cc2ccccc2C3(C)C)C1. The molecule has 2 aromatic rings. The van der Waals surface area contributed by atoms with Crippen LogP contribution in [0.5, 0.6) is 0 Å². The molecule has 0 amide bonds. The molecule has 0 spiro atoms. The Morgan fingerprint density at radius 2 is 1.78 bits per heavy atom. The van der Waals surface area contributed by atoms with Gasteiger partial charge in [0.2, 0.25) is 0 Å². The Balaban J connectivity index is 1.72. The van der Waals surface area contributed by atoms with Gasteiger partial charge in [-0.05, 0) is 35.4 Å². The molecule has 1 aliphatic heterocycles. The highest BCUT2D eigenvalue weighted by Gasteiger charge is 2.35. The summed E-state index contributed by atoms with van der Waals surface area (Å²) in [5.74, 6) is 0.791. The van der Waals surface area contributed by atoms with E-state index in [1.54, 1.807) is 5.56 Å². The van der Waals surface area contributed by atoms with Crippen molar-refractivity contribution >= 4 is 5.69 Å². The van der Waals surface area contributed by atoms with Crippen molar-refractivity contribution in [3.63, 3.8) is 0 Å². The molecule has 0 saturated carbocycles. The van der Waals surface area contributed by atoms with E-state index in [0.717, 1.165) is 18.9 Å². The fourth-order valence-electron chi connectivity index (χ4n) is 4.45. The van der Waals surface area contributed by atoms with Crippen molar-refractivity contribution in [2.75, 3.05) is 31.6 Å². The first-order valence-corrected chi connectivity index (χ1v) is 8.71. The van der Waals surface area contributed by atoms with Crippen molar-refractivity contribution < 1.29 is 0 Å². The van der Waals surface area contributed by atoms with Gasteiger partial charge in [-0.2, -0.15) is 0 Å². The van der Waals surface area contributed by atoms with Gasteiger partial charge in [-0.15, -0.1) is 0 Å². The second-order valence-electron chi connectivity index (χ2n) is 7.59. The Bertz CT molecular complexity index is 726. The number of benzene rings is 2. The molecule has 2 aromatic carbocycles. The predicted octanol–water partition coefficient (Wildman–Crippen LogP) is 3.57. The van der Waals surface area contributed by atoms with Gasteiger partial charge in [0, 0.05) is 43.1 Å². The quantitative estimate of drug-likeness (QED) is 0.932. The minimum absolute atomic E-state index is 0.0927. The number of nitrogens with zero attached hydrogens (tertiary/aromatic N) is 1. The highest BCUT2D eigenvalue weighted by atomic mass is 15.2. The molecule has 1 fully saturated rings. The maximum atomic E-state index is 3.30. The van der Waals surface area contributed by atoms with Gasteiger partial charge >= 0.3 is 0 Å². The van der Waals surface area contributed by atoms with Crippen LogP contribution in [-0.4, -0.2) is 26.7 Å². The Hall–Kier alpha value is -1.80. The summed E-state index contributed by atoms with van der Waals surface area (Å²) >= 11 is 0. The van der Waals surface area contributed by atoms with Crippen LogP contribution in [0.2, 0.25) is 0 Å². The van der Waals surface area contributed by atoms with E-state index in [0.29, 0.717) is 0 Å². The lowest BCUT2D eigenvalue weighted by Gasteiger charge is -2.44. The van der Waals surface area contributed by atoms with Gasteiger partial charge in [-0.1, -0.05) is 50.2 Å². The molecular formula is C21H26N2. The number of hydrogen-bond donors (Lipinski definition) is 1. The molecule has 0 aromatic heterocycles. The minimum atomic E-state index is 0.0927. The van der Waals surface area contributed by atoms with Crippen LogP contribution in [0.25, 0.3) is 0 Å². The lowest BCUT2D eigenvalue weighted by atomic mass is 9.68. The summed E-state index contributed by atoms with van der Waals surface area (Å²) in [6.45, 7) is 8.22. The molecule has 23 heavy (non-hydrogen) atoms. The molecule has 2 heteroatoms. The Morgan fingerprint density at radius 3 is 2.57 bits per heavy atom. The second kappa shape index (κ2) is 5.38. The zero-order chi connectivity index (χ0) is 16.0.